The summed E-state index contributed by atoms with van der Waals surface area (Å²) in [6, 6.07) is 11.9. The van der Waals surface area contributed by atoms with Gasteiger partial charge in [0.2, 0.25) is 10.0 Å². The molecule has 10 nitrogen and oxygen atoms in total. The number of aromatic amines is 1. The van der Waals surface area contributed by atoms with Crippen molar-refractivity contribution >= 4 is 38.1 Å². The number of sulfonamides is 1. The first-order valence-corrected chi connectivity index (χ1v) is 12.1. The average molecular weight is 469 g/mol. The second-order valence-electron chi connectivity index (χ2n) is 7.99. The zero-order valence-electron chi connectivity index (χ0n) is 18.1. The van der Waals surface area contributed by atoms with Crippen LogP contribution in [0.2, 0.25) is 0 Å². The zero-order chi connectivity index (χ0) is 23.0. The lowest BCUT2D eigenvalue weighted by Gasteiger charge is -2.24. The fourth-order valence-corrected chi connectivity index (χ4v) is 5.69. The molecule has 0 bridgehead atoms. The minimum Gasteiger partial charge on any atom is -0.497 e. The second-order valence-corrected chi connectivity index (χ2v) is 9.93. The van der Waals surface area contributed by atoms with Crippen molar-refractivity contribution in [2.45, 2.75) is 11.3 Å². The van der Waals surface area contributed by atoms with E-state index in [4.69, 9.17) is 4.74 Å². The van der Waals surface area contributed by atoms with Crippen LogP contribution < -0.4 is 15.6 Å². The van der Waals surface area contributed by atoms with Crippen LogP contribution in [-0.4, -0.2) is 73.5 Å². The Balaban J connectivity index is 1.30. The summed E-state index contributed by atoms with van der Waals surface area (Å²) in [6.07, 6.45) is 0.709. The molecule has 2 aliphatic heterocycles. The summed E-state index contributed by atoms with van der Waals surface area (Å²) in [5.41, 5.74) is 0.454. The number of amidine groups is 1. The van der Waals surface area contributed by atoms with Crippen LogP contribution in [0.5, 0.6) is 5.75 Å². The van der Waals surface area contributed by atoms with Gasteiger partial charge in [-0.25, -0.2) is 18.5 Å². The van der Waals surface area contributed by atoms with Gasteiger partial charge in [0.05, 0.1) is 35.0 Å². The fraction of sp³-hybridized carbons (Fsp3) is 0.318. The summed E-state index contributed by atoms with van der Waals surface area (Å²) in [5.74, 6) is 1.90. The largest absolute Gasteiger partial charge is 0.497 e. The van der Waals surface area contributed by atoms with Gasteiger partial charge in [0.25, 0.3) is 5.56 Å². The highest BCUT2D eigenvalue weighted by molar-refractivity contribution is 7.89. The van der Waals surface area contributed by atoms with E-state index in [0.717, 1.165) is 6.54 Å². The Bertz CT molecular complexity index is 1380. The molecule has 1 aromatic heterocycles. The van der Waals surface area contributed by atoms with Crippen molar-refractivity contribution in [3.63, 3.8) is 0 Å². The summed E-state index contributed by atoms with van der Waals surface area (Å²) in [6.45, 7) is 2.68. The predicted octanol–water partition coefficient (Wildman–Crippen LogP) is 1.78. The van der Waals surface area contributed by atoms with Gasteiger partial charge in [0.1, 0.15) is 11.6 Å². The fourth-order valence-electron chi connectivity index (χ4n) is 4.22. The number of anilines is 1. The first-order chi connectivity index (χ1) is 16.0. The first kappa shape index (κ1) is 21.6. The molecule has 3 aromatic rings. The summed E-state index contributed by atoms with van der Waals surface area (Å²) in [7, 11) is -2.03. The van der Waals surface area contributed by atoms with Gasteiger partial charge in [-0.1, -0.05) is 6.07 Å². The number of nitrogens with one attached hydrogen (secondary N) is 2. The van der Waals surface area contributed by atoms with E-state index < -0.39 is 10.0 Å². The standard InChI is InChI=1S/C22H24N6O4S/c1-32-15-6-8-16(9-7-15)33(30,31)28-11-3-10-27(12-13-28)14-19-23-18-5-2-4-17-20(18)21(24-19)25-26-22(17)29/h2,4-9H,3,10-14H2,1H3,(H,26,29)(H,23,24,25). The molecule has 172 valence electrons. The van der Waals surface area contributed by atoms with E-state index in [1.54, 1.807) is 43.5 Å². The number of hydrogen-bond acceptors (Lipinski definition) is 8. The van der Waals surface area contributed by atoms with Gasteiger partial charge >= 0.3 is 0 Å². The van der Waals surface area contributed by atoms with Crippen molar-refractivity contribution in [1.29, 1.82) is 0 Å². The molecule has 0 aliphatic carbocycles. The Hall–Kier alpha value is -3.28. The van der Waals surface area contributed by atoms with Crippen molar-refractivity contribution in [3.8, 4) is 5.75 Å². The van der Waals surface area contributed by atoms with Crippen molar-refractivity contribution in [1.82, 2.24) is 19.4 Å². The third kappa shape index (κ3) is 4.10. The lowest BCUT2D eigenvalue weighted by Crippen LogP contribution is -2.38. The smallest absolute Gasteiger partial charge is 0.272 e. The molecule has 2 aliphatic rings. The third-order valence-electron chi connectivity index (χ3n) is 5.93. The van der Waals surface area contributed by atoms with Crippen LogP contribution in [0.1, 0.15) is 6.42 Å². The topological polar surface area (TPSA) is 120 Å². The molecule has 1 fully saturated rings. The van der Waals surface area contributed by atoms with Crippen molar-refractivity contribution in [2.24, 2.45) is 4.99 Å². The molecule has 1 saturated heterocycles. The van der Waals surface area contributed by atoms with E-state index in [9.17, 15) is 13.2 Å². The van der Waals surface area contributed by atoms with Crippen LogP contribution in [0.25, 0.3) is 10.8 Å². The molecular weight excluding hydrogens is 444 g/mol. The summed E-state index contributed by atoms with van der Waals surface area (Å²) >= 11 is 0. The maximum atomic E-state index is 13.1. The Morgan fingerprint density at radius 2 is 1.88 bits per heavy atom. The molecule has 11 heteroatoms. The van der Waals surface area contributed by atoms with E-state index in [1.807, 2.05) is 6.07 Å². The molecule has 0 saturated carbocycles. The number of aliphatic imine (C=N–C) groups is 1. The van der Waals surface area contributed by atoms with Gasteiger partial charge in [0, 0.05) is 19.6 Å². The molecule has 0 unspecified atom stereocenters. The number of ether oxygens (including phenoxy) is 1. The Morgan fingerprint density at radius 3 is 2.67 bits per heavy atom. The van der Waals surface area contributed by atoms with Crippen LogP contribution in [0.4, 0.5) is 11.5 Å². The lowest BCUT2D eigenvalue weighted by molar-refractivity contribution is 0.324. The minimum atomic E-state index is -3.58. The molecule has 2 aromatic carbocycles. The number of nitrogens with zero attached hydrogens (tertiary/aromatic N) is 4. The third-order valence-corrected chi connectivity index (χ3v) is 7.84. The average Bonchev–Trinajstić information content (AvgIpc) is 3.07. The van der Waals surface area contributed by atoms with Crippen molar-refractivity contribution in [3.05, 3.63) is 52.8 Å². The normalized spacial score (nSPS) is 17.3. The molecule has 5 rings (SSSR count). The maximum Gasteiger partial charge on any atom is 0.272 e. The van der Waals surface area contributed by atoms with Crippen LogP contribution in [0.15, 0.2) is 57.1 Å². The molecule has 0 atom stereocenters. The second kappa shape index (κ2) is 8.58. The number of hydrogen-bond donors (Lipinski definition) is 2. The molecule has 0 radical (unpaired) electrons. The zero-order valence-corrected chi connectivity index (χ0v) is 18.9. The van der Waals surface area contributed by atoms with Gasteiger partial charge in [-0.05, 0) is 49.4 Å². The van der Waals surface area contributed by atoms with Crippen LogP contribution in [-0.2, 0) is 10.0 Å². The molecular formula is C22H24N6O4S. The lowest BCUT2D eigenvalue weighted by atomic mass is 10.1. The monoisotopic (exact) mass is 468 g/mol. The molecule has 33 heavy (non-hydrogen) atoms. The Morgan fingerprint density at radius 1 is 1.06 bits per heavy atom. The number of methoxy groups -OCH3 is 1. The van der Waals surface area contributed by atoms with E-state index in [2.05, 4.69) is 25.4 Å². The van der Waals surface area contributed by atoms with Crippen LogP contribution in [0, 0.1) is 0 Å². The Kier molecular flexibility index (Phi) is 5.60. The van der Waals surface area contributed by atoms with E-state index in [1.165, 1.54) is 4.31 Å². The van der Waals surface area contributed by atoms with E-state index in [-0.39, 0.29) is 10.5 Å². The molecule has 0 amide bonds. The Labute approximate surface area is 190 Å². The van der Waals surface area contributed by atoms with Gasteiger partial charge in [-0.15, -0.1) is 0 Å². The number of rotatable bonds is 5. The summed E-state index contributed by atoms with van der Waals surface area (Å²) in [4.78, 5) is 19.2. The SMILES string of the molecule is COc1ccc(S(=O)(=O)N2CCCN(CC3=Nc4cccc5c(=O)[nH]nc(c45)N3)CC2)cc1. The predicted molar refractivity (Wildman–Crippen MR) is 126 cm³/mol. The highest BCUT2D eigenvalue weighted by Crippen LogP contribution is 2.32. The van der Waals surface area contributed by atoms with Crippen molar-refractivity contribution < 1.29 is 13.2 Å². The van der Waals surface area contributed by atoms with Crippen LogP contribution >= 0.6 is 0 Å². The highest BCUT2D eigenvalue weighted by Gasteiger charge is 2.28. The maximum absolute atomic E-state index is 13.1. The van der Waals surface area contributed by atoms with Crippen LogP contribution in [0.3, 0.4) is 0 Å². The van der Waals surface area contributed by atoms with Crippen molar-refractivity contribution in [2.75, 3.05) is 45.2 Å². The number of aromatic nitrogens is 2. The van der Waals surface area contributed by atoms with Gasteiger partial charge in [0.15, 0.2) is 5.82 Å². The number of benzene rings is 2. The quantitative estimate of drug-likeness (QED) is 0.586. The van der Waals surface area contributed by atoms with Gasteiger partial charge in [-0.3, -0.25) is 9.69 Å². The summed E-state index contributed by atoms with van der Waals surface area (Å²) in [5, 5.41) is 11.1. The first-order valence-electron chi connectivity index (χ1n) is 10.7. The van der Waals surface area contributed by atoms with Gasteiger partial charge < -0.3 is 10.1 Å². The molecule has 0 spiro atoms. The van der Waals surface area contributed by atoms with E-state index in [0.29, 0.717) is 66.5 Å². The van der Waals surface area contributed by atoms with Gasteiger partial charge in [-0.2, -0.15) is 9.40 Å². The number of H-pyrrole nitrogens is 1. The summed E-state index contributed by atoms with van der Waals surface area (Å²) < 4.78 is 32.9. The molecule has 2 N–H and O–H groups in total. The molecule has 3 heterocycles. The highest BCUT2D eigenvalue weighted by atomic mass is 32.2. The minimum absolute atomic E-state index is 0.248. The van der Waals surface area contributed by atoms with E-state index >= 15 is 0 Å².